The van der Waals surface area contributed by atoms with Crippen LogP contribution in [0.5, 0.6) is 0 Å². The minimum Gasteiger partial charge on any atom is -0.0876 e. The normalized spacial score (nSPS) is 10.3. The van der Waals surface area contributed by atoms with Crippen molar-refractivity contribution >= 4 is 15.9 Å². The molecule has 0 saturated heterocycles. The van der Waals surface area contributed by atoms with Gasteiger partial charge in [-0.2, -0.15) is 0 Å². The molecule has 2 aromatic carbocycles. The molecule has 0 aromatic heterocycles. The molecular weight excluding hydrogens is 248 g/mol. The topological polar surface area (TPSA) is 0 Å². The third-order valence-corrected chi connectivity index (χ3v) is 3.08. The zero-order chi connectivity index (χ0) is 10.7. The summed E-state index contributed by atoms with van der Waals surface area (Å²) < 4.78 is 0. The number of alkyl halides is 1. The van der Waals surface area contributed by atoms with Gasteiger partial charge in [0.2, 0.25) is 0 Å². The van der Waals surface area contributed by atoms with Crippen LogP contribution in [0.4, 0.5) is 0 Å². The van der Waals surface area contributed by atoms with E-state index >= 15 is 0 Å². The molecule has 0 unspecified atom stereocenters. The number of hydrogen-bond acceptors (Lipinski definition) is 0. The first kappa shape index (κ1) is 10.4. The van der Waals surface area contributed by atoms with Crippen LogP contribution in [-0.2, 0) is 5.33 Å². The molecular formula is C14H13Br. The molecule has 1 heteroatoms. The van der Waals surface area contributed by atoms with Crippen molar-refractivity contribution in [3.63, 3.8) is 0 Å². The average Bonchev–Trinajstić information content (AvgIpc) is 2.29. The molecule has 76 valence electrons. The minimum absolute atomic E-state index is 0.909. The SMILES string of the molecule is Cc1cccc(-c2cccc(CBr)c2)c1. The summed E-state index contributed by atoms with van der Waals surface area (Å²) in [6.07, 6.45) is 0. The Hall–Kier alpha value is -1.08. The summed E-state index contributed by atoms with van der Waals surface area (Å²) in [5.74, 6) is 0. The molecule has 0 N–H and O–H groups in total. The van der Waals surface area contributed by atoms with Gasteiger partial charge in [-0.25, -0.2) is 0 Å². The summed E-state index contributed by atoms with van der Waals surface area (Å²) in [5.41, 5.74) is 5.19. The Labute approximate surface area is 99.1 Å². The van der Waals surface area contributed by atoms with E-state index in [9.17, 15) is 0 Å². The molecule has 0 radical (unpaired) electrons. The third kappa shape index (κ3) is 2.48. The van der Waals surface area contributed by atoms with Crippen molar-refractivity contribution in [2.45, 2.75) is 12.3 Å². The van der Waals surface area contributed by atoms with Crippen molar-refractivity contribution in [1.29, 1.82) is 0 Å². The fourth-order valence-electron chi connectivity index (χ4n) is 1.66. The quantitative estimate of drug-likeness (QED) is 0.695. The highest BCUT2D eigenvalue weighted by atomic mass is 79.9. The molecule has 0 nitrogen and oxygen atoms in total. The summed E-state index contributed by atoms with van der Waals surface area (Å²) in [6.45, 7) is 2.12. The van der Waals surface area contributed by atoms with Crippen molar-refractivity contribution in [2.75, 3.05) is 0 Å². The van der Waals surface area contributed by atoms with Crippen molar-refractivity contribution < 1.29 is 0 Å². The Morgan fingerprint density at radius 2 is 1.60 bits per heavy atom. The van der Waals surface area contributed by atoms with Crippen LogP contribution < -0.4 is 0 Å². The molecule has 0 heterocycles. The molecule has 15 heavy (non-hydrogen) atoms. The van der Waals surface area contributed by atoms with Gasteiger partial charge in [-0.05, 0) is 23.6 Å². The van der Waals surface area contributed by atoms with Gasteiger partial charge in [0.25, 0.3) is 0 Å². The second-order valence-corrected chi connectivity index (χ2v) is 4.26. The molecule has 0 aliphatic rings. The maximum Gasteiger partial charge on any atom is 0.0283 e. The molecule has 0 aliphatic carbocycles. The lowest BCUT2D eigenvalue weighted by Crippen LogP contribution is -1.82. The molecule has 0 fully saturated rings. The first-order valence-electron chi connectivity index (χ1n) is 5.01. The second-order valence-electron chi connectivity index (χ2n) is 3.70. The largest absolute Gasteiger partial charge is 0.0876 e. The number of halogens is 1. The summed E-state index contributed by atoms with van der Waals surface area (Å²) in [7, 11) is 0. The van der Waals surface area contributed by atoms with E-state index in [0.29, 0.717) is 0 Å². The summed E-state index contributed by atoms with van der Waals surface area (Å²) >= 11 is 3.48. The van der Waals surface area contributed by atoms with Gasteiger partial charge in [0.1, 0.15) is 0 Å². The Morgan fingerprint density at radius 1 is 0.933 bits per heavy atom. The van der Waals surface area contributed by atoms with E-state index in [2.05, 4.69) is 71.4 Å². The summed E-state index contributed by atoms with van der Waals surface area (Å²) in [6, 6.07) is 17.2. The second kappa shape index (κ2) is 4.63. The van der Waals surface area contributed by atoms with E-state index in [-0.39, 0.29) is 0 Å². The van der Waals surface area contributed by atoms with Crippen molar-refractivity contribution in [3.05, 3.63) is 59.7 Å². The van der Waals surface area contributed by atoms with E-state index in [4.69, 9.17) is 0 Å². The van der Waals surface area contributed by atoms with Gasteiger partial charge in [0.15, 0.2) is 0 Å². The van der Waals surface area contributed by atoms with Crippen LogP contribution >= 0.6 is 15.9 Å². The smallest absolute Gasteiger partial charge is 0.0283 e. The zero-order valence-corrected chi connectivity index (χ0v) is 10.3. The molecule has 0 atom stereocenters. The van der Waals surface area contributed by atoms with Crippen molar-refractivity contribution in [1.82, 2.24) is 0 Å². The van der Waals surface area contributed by atoms with Crippen LogP contribution in [0.3, 0.4) is 0 Å². The molecule has 2 aromatic rings. The molecule has 0 bridgehead atoms. The molecule has 2 rings (SSSR count). The highest BCUT2D eigenvalue weighted by Gasteiger charge is 1.98. The maximum absolute atomic E-state index is 3.48. The molecule has 0 amide bonds. The number of benzene rings is 2. The van der Waals surface area contributed by atoms with Gasteiger partial charge in [-0.1, -0.05) is 70.0 Å². The average molecular weight is 261 g/mol. The van der Waals surface area contributed by atoms with Crippen LogP contribution in [0.1, 0.15) is 11.1 Å². The predicted molar refractivity (Wildman–Crippen MR) is 69.2 cm³/mol. The highest BCUT2D eigenvalue weighted by Crippen LogP contribution is 2.22. The monoisotopic (exact) mass is 260 g/mol. The van der Waals surface area contributed by atoms with Gasteiger partial charge < -0.3 is 0 Å². The summed E-state index contributed by atoms with van der Waals surface area (Å²) in [4.78, 5) is 0. The van der Waals surface area contributed by atoms with E-state index in [1.807, 2.05) is 0 Å². The standard InChI is InChI=1S/C14H13Br/c1-11-4-2-6-13(8-11)14-7-3-5-12(9-14)10-15/h2-9H,10H2,1H3. The minimum atomic E-state index is 0.909. The van der Waals surface area contributed by atoms with Crippen LogP contribution in [0, 0.1) is 6.92 Å². The molecule has 0 aliphatic heterocycles. The Bertz CT molecular complexity index is 460. The third-order valence-electron chi connectivity index (χ3n) is 2.43. The highest BCUT2D eigenvalue weighted by molar-refractivity contribution is 9.08. The fraction of sp³-hybridized carbons (Fsp3) is 0.143. The fourth-order valence-corrected chi connectivity index (χ4v) is 2.01. The van der Waals surface area contributed by atoms with E-state index in [1.165, 1.54) is 22.3 Å². The Balaban J connectivity index is 2.44. The van der Waals surface area contributed by atoms with Crippen molar-refractivity contribution in [2.24, 2.45) is 0 Å². The van der Waals surface area contributed by atoms with Gasteiger partial charge >= 0.3 is 0 Å². The van der Waals surface area contributed by atoms with Crippen LogP contribution in [0.2, 0.25) is 0 Å². The van der Waals surface area contributed by atoms with Gasteiger partial charge in [0.05, 0.1) is 0 Å². The van der Waals surface area contributed by atoms with E-state index < -0.39 is 0 Å². The van der Waals surface area contributed by atoms with Crippen LogP contribution in [-0.4, -0.2) is 0 Å². The summed E-state index contributed by atoms with van der Waals surface area (Å²) in [5, 5.41) is 0.909. The van der Waals surface area contributed by atoms with Gasteiger partial charge in [-0.3, -0.25) is 0 Å². The lowest BCUT2D eigenvalue weighted by Gasteiger charge is -2.04. The van der Waals surface area contributed by atoms with Crippen LogP contribution in [0.25, 0.3) is 11.1 Å². The van der Waals surface area contributed by atoms with Crippen molar-refractivity contribution in [3.8, 4) is 11.1 Å². The molecule has 0 saturated carbocycles. The van der Waals surface area contributed by atoms with Crippen LogP contribution in [0.15, 0.2) is 48.5 Å². The number of rotatable bonds is 2. The predicted octanol–water partition coefficient (Wildman–Crippen LogP) is 4.56. The number of hydrogen-bond donors (Lipinski definition) is 0. The first-order chi connectivity index (χ1) is 7.29. The lowest BCUT2D eigenvalue weighted by atomic mass is 10.0. The lowest BCUT2D eigenvalue weighted by molar-refractivity contribution is 1.42. The van der Waals surface area contributed by atoms with E-state index in [1.54, 1.807) is 0 Å². The molecule has 0 spiro atoms. The van der Waals surface area contributed by atoms with E-state index in [0.717, 1.165) is 5.33 Å². The Morgan fingerprint density at radius 3 is 2.27 bits per heavy atom. The zero-order valence-electron chi connectivity index (χ0n) is 8.70. The Kier molecular flexibility index (Phi) is 3.22. The number of aryl methyl sites for hydroxylation is 1. The van der Waals surface area contributed by atoms with Gasteiger partial charge in [-0.15, -0.1) is 0 Å². The maximum atomic E-state index is 3.48. The van der Waals surface area contributed by atoms with Gasteiger partial charge in [0, 0.05) is 5.33 Å². The first-order valence-corrected chi connectivity index (χ1v) is 6.14.